The first kappa shape index (κ1) is 75.2. The van der Waals surface area contributed by atoms with Crippen LogP contribution in [0.3, 0.4) is 0 Å². The molecular weight excluding hydrogens is 976 g/mol. The van der Waals surface area contributed by atoms with Gasteiger partial charge in [-0.05, 0) is 63.9 Å². The third-order valence-corrected chi connectivity index (χ3v) is 16.1. The fourth-order valence-corrected chi connectivity index (χ4v) is 10.7. The second kappa shape index (κ2) is 57.5. The number of hydrogen-bond donors (Lipinski definition) is 2. The molecule has 0 bridgehead atoms. The van der Waals surface area contributed by atoms with Crippen LogP contribution in [0.5, 0.6) is 0 Å². The molecule has 1 amide bonds. The second-order valence-corrected chi connectivity index (χ2v) is 25.5. The topological polar surface area (TPSA) is 111 Å². The van der Waals surface area contributed by atoms with E-state index < -0.39 is 20.0 Å². The fraction of sp³-hybridized carbons (Fsp3) is 0.881. The van der Waals surface area contributed by atoms with Crippen molar-refractivity contribution in [2.75, 3.05) is 40.9 Å². The zero-order chi connectivity index (χ0) is 56.4. The minimum Gasteiger partial charge on any atom is -0.456 e. The van der Waals surface area contributed by atoms with Crippen LogP contribution in [0.1, 0.15) is 329 Å². The third kappa shape index (κ3) is 58.7. The van der Waals surface area contributed by atoms with Gasteiger partial charge >= 0.3 is 13.8 Å². The van der Waals surface area contributed by atoms with Crippen molar-refractivity contribution in [3.63, 3.8) is 0 Å². The van der Waals surface area contributed by atoms with E-state index in [9.17, 15) is 19.0 Å². The van der Waals surface area contributed by atoms with E-state index in [0.717, 1.165) is 64.2 Å². The summed E-state index contributed by atoms with van der Waals surface area (Å²) in [5.74, 6) is -0.489. The Hall–Kier alpha value is -1.77. The monoisotopic (exact) mass is 1110 g/mol. The van der Waals surface area contributed by atoms with Crippen LogP contribution in [0, 0.1) is 0 Å². The van der Waals surface area contributed by atoms with Crippen molar-refractivity contribution >= 4 is 19.7 Å². The predicted molar refractivity (Wildman–Crippen MR) is 332 cm³/mol. The number of carbonyl (C=O) groups excluding carboxylic acids is 2. The molecule has 3 unspecified atom stereocenters. The van der Waals surface area contributed by atoms with E-state index in [0.29, 0.717) is 23.9 Å². The summed E-state index contributed by atoms with van der Waals surface area (Å²) in [5.41, 5.74) is 0. The molecule has 0 aromatic heterocycles. The second-order valence-electron chi connectivity index (χ2n) is 24.0. The first-order valence-electron chi connectivity index (χ1n) is 33.3. The molecule has 10 heteroatoms. The molecule has 0 aliphatic heterocycles. The van der Waals surface area contributed by atoms with Gasteiger partial charge in [0.15, 0.2) is 0 Å². The van der Waals surface area contributed by atoms with Crippen molar-refractivity contribution in [3.05, 3.63) is 36.5 Å². The number of phosphoric acid groups is 1. The molecule has 9 nitrogen and oxygen atoms in total. The number of quaternary nitrogens is 1. The van der Waals surface area contributed by atoms with Crippen LogP contribution in [0.25, 0.3) is 0 Å². The van der Waals surface area contributed by atoms with Crippen LogP contribution in [0.2, 0.25) is 0 Å². The van der Waals surface area contributed by atoms with Gasteiger partial charge in [0.05, 0.1) is 33.8 Å². The molecule has 77 heavy (non-hydrogen) atoms. The van der Waals surface area contributed by atoms with Gasteiger partial charge < -0.3 is 19.4 Å². The number of carbonyl (C=O) groups is 2. The highest BCUT2D eigenvalue weighted by Gasteiger charge is 2.30. The fourth-order valence-electron chi connectivity index (χ4n) is 9.91. The average molecular weight is 1110 g/mol. The Labute approximate surface area is 478 Å². The molecule has 0 radical (unpaired) electrons. The van der Waals surface area contributed by atoms with Crippen LogP contribution in [0.4, 0.5) is 0 Å². The van der Waals surface area contributed by atoms with E-state index >= 15 is 0 Å². The number of unbranched alkanes of at least 4 members (excludes halogenated alkanes) is 41. The van der Waals surface area contributed by atoms with Crippen LogP contribution in [-0.2, 0) is 27.9 Å². The lowest BCUT2D eigenvalue weighted by Gasteiger charge is -2.27. The number of amides is 1. The van der Waals surface area contributed by atoms with Gasteiger partial charge in [-0.3, -0.25) is 18.6 Å². The van der Waals surface area contributed by atoms with E-state index in [1.807, 2.05) is 33.3 Å². The molecular formula is C67H130N2O7P+. The quantitative estimate of drug-likeness (QED) is 0.0205. The standard InChI is InChI=1S/C67H129N2O7P/c1-7-10-13-16-19-22-25-27-28-29-30-31-32-33-34-35-36-37-38-39-40-42-45-47-50-53-56-59-66(70)68-64(63-75-77(72,73)74-62-61-69(4,5)6)65(58-55-52-49-46-44-41-26-23-20-17-14-11-8-2)76-67(71)60-57-54-51-48-43-24-21-18-15-12-9-3/h19,22,27-28,55,58,64-65H,7-18,20-21,23-26,29-54,56-57,59-63H2,1-6H3,(H-,68,70,72,73)/p+1/b22-19-,28-27-,58-55+. The van der Waals surface area contributed by atoms with Crippen molar-refractivity contribution in [1.82, 2.24) is 5.32 Å². The molecule has 0 saturated carbocycles. The largest absolute Gasteiger partial charge is 0.472 e. The molecule has 0 aromatic rings. The van der Waals surface area contributed by atoms with Crippen molar-refractivity contribution < 1.29 is 37.3 Å². The Morgan fingerprint density at radius 2 is 0.792 bits per heavy atom. The first-order valence-corrected chi connectivity index (χ1v) is 34.8. The van der Waals surface area contributed by atoms with Crippen molar-refractivity contribution in [3.8, 4) is 0 Å². The molecule has 2 N–H and O–H groups in total. The van der Waals surface area contributed by atoms with Gasteiger partial charge in [0.25, 0.3) is 0 Å². The number of nitrogens with one attached hydrogen (secondary N) is 1. The minimum atomic E-state index is -4.44. The number of nitrogens with zero attached hydrogens (tertiary/aromatic N) is 1. The van der Waals surface area contributed by atoms with Gasteiger partial charge in [-0.2, -0.15) is 0 Å². The van der Waals surface area contributed by atoms with Gasteiger partial charge in [-0.1, -0.05) is 289 Å². The normalized spacial score (nSPS) is 13.8. The molecule has 3 atom stereocenters. The van der Waals surface area contributed by atoms with E-state index in [4.69, 9.17) is 13.8 Å². The molecule has 0 aromatic carbocycles. The number of allylic oxidation sites excluding steroid dienone is 5. The summed E-state index contributed by atoms with van der Waals surface area (Å²) in [6, 6.07) is -0.842. The number of rotatable bonds is 61. The average Bonchev–Trinajstić information content (AvgIpc) is 3.39. The summed E-state index contributed by atoms with van der Waals surface area (Å²) >= 11 is 0. The molecule has 0 spiro atoms. The van der Waals surface area contributed by atoms with Crippen LogP contribution in [0.15, 0.2) is 36.5 Å². The Morgan fingerprint density at radius 1 is 0.455 bits per heavy atom. The number of phosphoric ester groups is 1. The Kier molecular flexibility index (Phi) is 56.1. The van der Waals surface area contributed by atoms with Gasteiger partial charge in [0, 0.05) is 12.8 Å². The molecule has 0 fully saturated rings. The number of hydrogen-bond acceptors (Lipinski definition) is 6. The van der Waals surface area contributed by atoms with Crippen LogP contribution in [-0.4, -0.2) is 74.3 Å². The highest BCUT2D eigenvalue weighted by Crippen LogP contribution is 2.43. The molecule has 0 heterocycles. The SMILES string of the molecule is CCCCC/C=C\C/C=C\CCCCCCCCCCCCCCCCCCCC(=O)NC(COP(=O)(O)OCC[N+](C)(C)C)C(/C=C/CCCCCCCCCCCCC)OC(=O)CCCCCCCCCCCCC. The minimum absolute atomic E-state index is 0.0436. The summed E-state index contributed by atoms with van der Waals surface area (Å²) in [6.45, 7) is 7.02. The molecule has 0 aliphatic rings. The third-order valence-electron chi connectivity index (χ3n) is 15.1. The first-order chi connectivity index (χ1) is 37.4. The Morgan fingerprint density at radius 3 is 1.19 bits per heavy atom. The van der Waals surface area contributed by atoms with E-state index in [1.54, 1.807) is 0 Å². The summed E-state index contributed by atoms with van der Waals surface area (Å²) in [5, 5.41) is 3.07. The number of ether oxygens (including phenoxy) is 1. The van der Waals surface area contributed by atoms with Gasteiger partial charge in [-0.15, -0.1) is 0 Å². The zero-order valence-corrected chi connectivity index (χ0v) is 52.9. The molecule has 454 valence electrons. The van der Waals surface area contributed by atoms with Gasteiger partial charge in [0.2, 0.25) is 5.91 Å². The lowest BCUT2D eigenvalue weighted by Crippen LogP contribution is -2.47. The summed E-state index contributed by atoms with van der Waals surface area (Å²) in [6.07, 6.45) is 70.1. The maximum absolute atomic E-state index is 13.6. The predicted octanol–water partition coefficient (Wildman–Crippen LogP) is 20.7. The van der Waals surface area contributed by atoms with Crippen molar-refractivity contribution in [2.45, 2.75) is 341 Å². The maximum Gasteiger partial charge on any atom is 0.472 e. The van der Waals surface area contributed by atoms with Gasteiger partial charge in [-0.25, -0.2) is 4.57 Å². The highest BCUT2D eigenvalue weighted by atomic mass is 31.2. The molecule has 0 aliphatic carbocycles. The number of esters is 1. The molecule has 0 saturated heterocycles. The van der Waals surface area contributed by atoms with E-state index in [2.05, 4.69) is 50.4 Å². The number of likely N-dealkylation sites (N-methyl/N-ethyl adjacent to an activating group) is 1. The molecule has 0 rings (SSSR count). The summed E-state index contributed by atoms with van der Waals surface area (Å²) in [4.78, 5) is 37.7. The van der Waals surface area contributed by atoms with Crippen LogP contribution < -0.4 is 5.32 Å². The Balaban J connectivity index is 4.96. The van der Waals surface area contributed by atoms with Gasteiger partial charge in [0.1, 0.15) is 19.3 Å². The zero-order valence-electron chi connectivity index (χ0n) is 52.0. The Bertz CT molecular complexity index is 1410. The summed E-state index contributed by atoms with van der Waals surface area (Å²) < 4.78 is 30.7. The highest BCUT2D eigenvalue weighted by molar-refractivity contribution is 7.47. The smallest absolute Gasteiger partial charge is 0.456 e. The lowest BCUT2D eigenvalue weighted by atomic mass is 10.0. The van der Waals surface area contributed by atoms with Crippen molar-refractivity contribution in [1.29, 1.82) is 0 Å². The maximum atomic E-state index is 13.6. The van der Waals surface area contributed by atoms with E-state index in [1.165, 1.54) is 231 Å². The lowest BCUT2D eigenvalue weighted by molar-refractivity contribution is -0.870. The summed E-state index contributed by atoms with van der Waals surface area (Å²) in [7, 11) is 1.51. The van der Waals surface area contributed by atoms with Crippen molar-refractivity contribution in [2.24, 2.45) is 0 Å². The van der Waals surface area contributed by atoms with E-state index in [-0.39, 0.29) is 25.1 Å². The van der Waals surface area contributed by atoms with Crippen LogP contribution >= 0.6 is 7.82 Å².